The third kappa shape index (κ3) is 2.99. The third-order valence-electron chi connectivity index (χ3n) is 3.85. The van der Waals surface area contributed by atoms with E-state index >= 15 is 0 Å². The Kier molecular flexibility index (Phi) is 4.29. The van der Waals surface area contributed by atoms with E-state index in [9.17, 15) is 9.59 Å². The Bertz CT molecular complexity index is 954. The number of nitrogens with two attached hydrogens (primary N) is 1. The van der Waals surface area contributed by atoms with E-state index in [0.29, 0.717) is 16.7 Å². The zero-order valence-corrected chi connectivity index (χ0v) is 13.3. The number of carbonyl (C=O) groups excluding carboxylic acids is 2. The van der Waals surface area contributed by atoms with E-state index in [1.807, 2.05) is 6.08 Å². The minimum atomic E-state index is -0.359. The molecule has 1 amide bonds. The van der Waals surface area contributed by atoms with Gasteiger partial charge in [0.05, 0.1) is 5.70 Å². The molecule has 0 unspecified atom stereocenters. The van der Waals surface area contributed by atoms with Crippen LogP contribution in [0, 0.1) is 0 Å². The number of nitrogens with one attached hydrogen (secondary N) is 2. The predicted octanol–water partition coefficient (Wildman–Crippen LogP) is 0.0951. The first-order valence-electron chi connectivity index (χ1n) is 7.66. The summed E-state index contributed by atoms with van der Waals surface area (Å²) in [6.07, 6.45) is 6.10. The molecule has 1 aromatic heterocycles. The van der Waals surface area contributed by atoms with Crippen LogP contribution in [0.1, 0.15) is 27.9 Å². The molecule has 0 saturated heterocycles. The lowest BCUT2D eigenvalue weighted by Crippen LogP contribution is -2.30. The number of fused-ring (bicyclic) bond motifs is 1. The highest BCUT2D eigenvalue weighted by atomic mass is 16.2. The zero-order chi connectivity index (χ0) is 17.1. The Morgan fingerprint density at radius 1 is 1.38 bits per heavy atom. The summed E-state index contributed by atoms with van der Waals surface area (Å²) in [6, 6.07) is 7.02. The molecule has 0 fully saturated rings. The number of carbonyl (C=O) groups is 2. The maximum absolute atomic E-state index is 12.8. The number of hydrogen-bond acceptors (Lipinski definition) is 4. The number of aromatic nitrogens is 1. The average molecular weight is 322 g/mol. The number of amides is 1. The standard InChI is InChI=1S/C18H18N4O2/c1-20-18(24)15(19)9-11-4-2-5-12(8-11)16(23)14-10-22-17-13(14)6-3-7-21-17/h2,4-6,8-10H,3,7,19H2,1H3,(H,20,24)(H,21,22)/b15-9-. The molecule has 6 heteroatoms. The van der Waals surface area contributed by atoms with Crippen LogP contribution >= 0.6 is 0 Å². The van der Waals surface area contributed by atoms with Crippen molar-refractivity contribution in [2.75, 3.05) is 13.6 Å². The Morgan fingerprint density at radius 3 is 3.00 bits per heavy atom. The molecule has 1 aromatic carbocycles. The molecule has 6 nitrogen and oxygen atoms in total. The molecule has 2 aromatic rings. The number of ketones is 1. The largest absolute Gasteiger partial charge is 0.394 e. The molecule has 0 radical (unpaired) electrons. The Balaban J connectivity index is 1.97. The van der Waals surface area contributed by atoms with Crippen molar-refractivity contribution < 1.29 is 9.59 Å². The van der Waals surface area contributed by atoms with Gasteiger partial charge in [-0.1, -0.05) is 24.3 Å². The second kappa shape index (κ2) is 6.54. The molecule has 0 aliphatic carbocycles. The van der Waals surface area contributed by atoms with Crippen LogP contribution in [0.25, 0.3) is 12.2 Å². The van der Waals surface area contributed by atoms with Gasteiger partial charge in [-0.05, 0) is 24.1 Å². The van der Waals surface area contributed by atoms with Crippen LogP contribution in [0.15, 0.2) is 41.2 Å². The van der Waals surface area contributed by atoms with Crippen molar-refractivity contribution in [2.24, 2.45) is 10.7 Å². The van der Waals surface area contributed by atoms with Gasteiger partial charge in [0.15, 0.2) is 5.78 Å². The monoisotopic (exact) mass is 322 g/mol. The molecule has 3 rings (SSSR count). The quantitative estimate of drug-likeness (QED) is 0.549. The number of rotatable bonds is 4. The van der Waals surface area contributed by atoms with Gasteiger partial charge in [-0.2, -0.15) is 0 Å². The lowest BCUT2D eigenvalue weighted by atomic mass is 10.0. The van der Waals surface area contributed by atoms with Gasteiger partial charge in [0, 0.05) is 36.1 Å². The van der Waals surface area contributed by atoms with Gasteiger partial charge in [-0.15, -0.1) is 0 Å². The maximum atomic E-state index is 12.8. The summed E-state index contributed by atoms with van der Waals surface area (Å²) in [4.78, 5) is 31.7. The Hall–Kier alpha value is -3.15. The predicted molar refractivity (Wildman–Crippen MR) is 91.6 cm³/mol. The van der Waals surface area contributed by atoms with Gasteiger partial charge in [-0.3, -0.25) is 14.6 Å². The van der Waals surface area contributed by atoms with Crippen LogP contribution in [-0.2, 0) is 4.79 Å². The van der Waals surface area contributed by atoms with E-state index in [-0.39, 0.29) is 17.4 Å². The van der Waals surface area contributed by atoms with Crippen molar-refractivity contribution in [3.8, 4) is 0 Å². The zero-order valence-electron chi connectivity index (χ0n) is 13.3. The highest BCUT2D eigenvalue weighted by Crippen LogP contribution is 2.12. The minimum absolute atomic E-state index is 0.0883. The fourth-order valence-corrected chi connectivity index (χ4v) is 2.65. The van der Waals surface area contributed by atoms with Crippen LogP contribution in [0.5, 0.6) is 0 Å². The van der Waals surface area contributed by atoms with Crippen molar-refractivity contribution >= 4 is 23.8 Å². The first-order valence-corrected chi connectivity index (χ1v) is 7.66. The van der Waals surface area contributed by atoms with Gasteiger partial charge in [0.25, 0.3) is 5.91 Å². The second-order valence-corrected chi connectivity index (χ2v) is 5.47. The number of H-pyrrole nitrogens is 1. The molecule has 2 heterocycles. The van der Waals surface area contributed by atoms with Crippen molar-refractivity contribution in [3.05, 3.63) is 63.6 Å². The molecule has 122 valence electrons. The van der Waals surface area contributed by atoms with Crippen molar-refractivity contribution in [1.29, 1.82) is 0 Å². The van der Waals surface area contributed by atoms with Gasteiger partial charge < -0.3 is 16.0 Å². The summed E-state index contributed by atoms with van der Waals surface area (Å²) in [5, 5.41) is 3.32. The molecule has 1 aliphatic heterocycles. The normalized spacial score (nSPS) is 13.5. The highest BCUT2D eigenvalue weighted by molar-refractivity contribution is 6.09. The second-order valence-electron chi connectivity index (χ2n) is 5.47. The van der Waals surface area contributed by atoms with Crippen molar-refractivity contribution in [2.45, 2.75) is 6.42 Å². The van der Waals surface area contributed by atoms with Gasteiger partial charge in [0.2, 0.25) is 0 Å². The Morgan fingerprint density at radius 2 is 2.21 bits per heavy atom. The summed E-state index contributed by atoms with van der Waals surface area (Å²) < 4.78 is 0. The van der Waals surface area contributed by atoms with Crippen LogP contribution < -0.4 is 21.8 Å². The molecule has 24 heavy (non-hydrogen) atoms. The lowest BCUT2D eigenvalue weighted by Gasteiger charge is -2.03. The summed E-state index contributed by atoms with van der Waals surface area (Å²) in [7, 11) is 1.51. The number of nitrogens with zero attached hydrogens (tertiary/aromatic N) is 1. The van der Waals surface area contributed by atoms with Crippen molar-refractivity contribution in [1.82, 2.24) is 10.3 Å². The molecule has 0 spiro atoms. The van der Waals surface area contributed by atoms with Gasteiger partial charge in [-0.25, -0.2) is 0 Å². The van der Waals surface area contributed by atoms with Gasteiger partial charge >= 0.3 is 0 Å². The minimum Gasteiger partial charge on any atom is -0.394 e. The van der Waals surface area contributed by atoms with E-state index in [2.05, 4.69) is 15.3 Å². The molecular weight excluding hydrogens is 304 g/mol. The van der Waals surface area contributed by atoms with Crippen molar-refractivity contribution in [3.63, 3.8) is 0 Å². The van der Waals surface area contributed by atoms with E-state index < -0.39 is 0 Å². The summed E-state index contributed by atoms with van der Waals surface area (Å²) in [5.74, 6) is -0.447. The highest BCUT2D eigenvalue weighted by Gasteiger charge is 2.14. The topological polar surface area (TPSA) is 100 Å². The fourth-order valence-electron chi connectivity index (χ4n) is 2.65. The van der Waals surface area contributed by atoms with E-state index in [4.69, 9.17) is 5.73 Å². The average Bonchev–Trinajstić information content (AvgIpc) is 3.04. The number of hydrogen-bond donors (Lipinski definition) is 3. The third-order valence-corrected chi connectivity index (χ3v) is 3.85. The van der Waals surface area contributed by atoms with E-state index in [0.717, 1.165) is 23.7 Å². The lowest BCUT2D eigenvalue weighted by molar-refractivity contribution is -0.117. The number of benzene rings is 1. The number of aromatic amines is 1. The summed E-state index contributed by atoms with van der Waals surface area (Å²) >= 11 is 0. The van der Waals surface area contributed by atoms with E-state index in [1.54, 1.807) is 36.5 Å². The molecular formula is C18H18N4O2. The smallest absolute Gasteiger partial charge is 0.266 e. The fraction of sp³-hybridized carbons (Fsp3) is 0.167. The summed E-state index contributed by atoms with van der Waals surface area (Å²) in [6.45, 7) is 0.736. The first kappa shape index (κ1) is 15.7. The van der Waals surface area contributed by atoms with Crippen LogP contribution in [0.4, 0.5) is 0 Å². The Labute approximate surface area is 138 Å². The molecule has 0 saturated carbocycles. The first-order chi connectivity index (χ1) is 11.6. The van der Waals surface area contributed by atoms with Crippen LogP contribution in [-0.4, -0.2) is 30.3 Å². The molecule has 1 aliphatic rings. The van der Waals surface area contributed by atoms with Crippen LogP contribution in [0.2, 0.25) is 0 Å². The SMILES string of the molecule is CNC(=O)/C(N)=C/c1cccc(C(=O)c2c[nH]c3c2=CCCN=3)c1. The van der Waals surface area contributed by atoms with Gasteiger partial charge in [0.1, 0.15) is 5.49 Å². The molecule has 0 bridgehead atoms. The summed E-state index contributed by atoms with van der Waals surface area (Å²) in [5.41, 5.74) is 8.39. The molecule has 4 N–H and O–H groups in total. The van der Waals surface area contributed by atoms with Crippen LogP contribution in [0.3, 0.4) is 0 Å². The van der Waals surface area contributed by atoms with E-state index in [1.165, 1.54) is 7.05 Å². The molecule has 0 atom stereocenters. The number of likely N-dealkylation sites (N-methyl/N-ethyl adjacent to an activating group) is 1. The maximum Gasteiger partial charge on any atom is 0.266 e.